The molecule has 0 saturated heterocycles. The summed E-state index contributed by atoms with van der Waals surface area (Å²) in [5.41, 5.74) is -0.0889. The van der Waals surface area contributed by atoms with Gasteiger partial charge in [0.1, 0.15) is 5.60 Å². The Morgan fingerprint density at radius 1 is 1.15 bits per heavy atom. The SMILES string of the molecule is CC(=O)c1cccc(NC(=O)N[C@](C)(CNC(=O)OC(C)(C)C)C2CC2)c1. The Morgan fingerprint density at radius 2 is 1.81 bits per heavy atom. The molecule has 0 heterocycles. The van der Waals surface area contributed by atoms with Crippen molar-refractivity contribution in [1.29, 1.82) is 0 Å². The summed E-state index contributed by atoms with van der Waals surface area (Å²) in [6.07, 6.45) is 1.48. The molecule has 0 aromatic heterocycles. The van der Waals surface area contributed by atoms with Crippen molar-refractivity contribution in [1.82, 2.24) is 10.6 Å². The average molecular weight is 375 g/mol. The molecule has 1 aromatic rings. The number of urea groups is 1. The zero-order valence-electron chi connectivity index (χ0n) is 16.6. The highest BCUT2D eigenvalue weighted by atomic mass is 16.6. The summed E-state index contributed by atoms with van der Waals surface area (Å²) < 4.78 is 5.26. The van der Waals surface area contributed by atoms with Crippen LogP contribution >= 0.6 is 0 Å². The maximum atomic E-state index is 12.5. The van der Waals surface area contributed by atoms with Gasteiger partial charge in [0.2, 0.25) is 0 Å². The zero-order valence-corrected chi connectivity index (χ0v) is 16.6. The van der Waals surface area contributed by atoms with Gasteiger partial charge >= 0.3 is 12.1 Å². The van der Waals surface area contributed by atoms with Crippen LogP contribution in [0.5, 0.6) is 0 Å². The van der Waals surface area contributed by atoms with Gasteiger partial charge in [0.15, 0.2) is 5.78 Å². The molecule has 0 spiro atoms. The predicted octanol–water partition coefficient (Wildman–Crippen LogP) is 3.70. The first-order chi connectivity index (χ1) is 12.5. The van der Waals surface area contributed by atoms with E-state index in [2.05, 4.69) is 16.0 Å². The molecule has 1 aromatic carbocycles. The summed E-state index contributed by atoms with van der Waals surface area (Å²) in [6, 6.07) is 6.39. The van der Waals surface area contributed by atoms with Crippen molar-refractivity contribution >= 4 is 23.6 Å². The van der Waals surface area contributed by atoms with Crippen molar-refractivity contribution in [3.05, 3.63) is 29.8 Å². The molecule has 27 heavy (non-hydrogen) atoms. The Kier molecular flexibility index (Phi) is 6.13. The largest absolute Gasteiger partial charge is 0.444 e. The Hall–Kier alpha value is -2.57. The molecule has 2 rings (SSSR count). The second-order valence-corrected chi connectivity index (χ2v) is 8.26. The van der Waals surface area contributed by atoms with Gasteiger partial charge in [-0.2, -0.15) is 0 Å². The third kappa shape index (κ3) is 6.58. The van der Waals surface area contributed by atoms with Gasteiger partial charge in [-0.3, -0.25) is 4.79 Å². The van der Waals surface area contributed by atoms with Crippen LogP contribution in [0.4, 0.5) is 15.3 Å². The quantitative estimate of drug-likeness (QED) is 0.661. The van der Waals surface area contributed by atoms with Crippen LogP contribution in [0.2, 0.25) is 0 Å². The Labute approximate surface area is 160 Å². The van der Waals surface area contributed by atoms with Crippen LogP contribution in [0.1, 0.15) is 57.8 Å². The van der Waals surface area contributed by atoms with E-state index in [0.717, 1.165) is 12.8 Å². The Bertz CT molecular complexity index is 722. The molecule has 1 saturated carbocycles. The van der Waals surface area contributed by atoms with Crippen LogP contribution in [-0.4, -0.2) is 35.6 Å². The Balaban J connectivity index is 1.96. The minimum absolute atomic E-state index is 0.0663. The minimum Gasteiger partial charge on any atom is -0.444 e. The fraction of sp³-hybridized carbons (Fsp3) is 0.550. The molecule has 0 radical (unpaired) electrons. The van der Waals surface area contributed by atoms with Crippen LogP contribution in [0, 0.1) is 5.92 Å². The second-order valence-electron chi connectivity index (χ2n) is 8.26. The van der Waals surface area contributed by atoms with Gasteiger partial charge in [0, 0.05) is 17.8 Å². The minimum atomic E-state index is -0.584. The number of benzene rings is 1. The number of anilines is 1. The van der Waals surface area contributed by atoms with E-state index < -0.39 is 17.2 Å². The highest BCUT2D eigenvalue weighted by Gasteiger charge is 2.43. The summed E-state index contributed by atoms with van der Waals surface area (Å²) >= 11 is 0. The molecular formula is C20H29N3O4. The number of hydrogen-bond donors (Lipinski definition) is 3. The molecule has 3 amide bonds. The third-order valence-electron chi connectivity index (χ3n) is 4.40. The van der Waals surface area contributed by atoms with Gasteiger partial charge in [0.25, 0.3) is 0 Å². The fourth-order valence-corrected chi connectivity index (χ4v) is 2.82. The van der Waals surface area contributed by atoms with Gasteiger partial charge in [-0.15, -0.1) is 0 Å². The number of amides is 3. The number of ketones is 1. The number of Topliss-reactive ketones (excluding diaryl/α,β-unsaturated/α-hetero) is 1. The molecule has 1 aliphatic rings. The smallest absolute Gasteiger partial charge is 0.407 e. The van der Waals surface area contributed by atoms with E-state index >= 15 is 0 Å². The van der Waals surface area contributed by atoms with Crippen LogP contribution < -0.4 is 16.0 Å². The molecule has 148 valence electrons. The number of nitrogens with one attached hydrogen (secondary N) is 3. The van der Waals surface area contributed by atoms with Crippen molar-refractivity contribution in [2.45, 2.75) is 58.6 Å². The highest BCUT2D eigenvalue weighted by molar-refractivity contribution is 5.96. The van der Waals surface area contributed by atoms with E-state index in [1.807, 2.05) is 6.92 Å². The third-order valence-corrected chi connectivity index (χ3v) is 4.40. The summed E-state index contributed by atoms with van der Waals surface area (Å²) in [5.74, 6) is 0.227. The lowest BCUT2D eigenvalue weighted by Gasteiger charge is -2.32. The number of carbonyl (C=O) groups is 3. The lowest BCUT2D eigenvalue weighted by Crippen LogP contribution is -2.56. The lowest BCUT2D eigenvalue weighted by molar-refractivity contribution is 0.0509. The predicted molar refractivity (Wildman–Crippen MR) is 104 cm³/mol. The highest BCUT2D eigenvalue weighted by Crippen LogP contribution is 2.39. The van der Waals surface area contributed by atoms with E-state index in [9.17, 15) is 14.4 Å². The van der Waals surface area contributed by atoms with Crippen molar-refractivity contribution in [2.75, 3.05) is 11.9 Å². The normalized spacial score (nSPS) is 16.0. The molecule has 1 fully saturated rings. The van der Waals surface area contributed by atoms with Gasteiger partial charge in [0.05, 0.1) is 5.54 Å². The van der Waals surface area contributed by atoms with Gasteiger partial charge in [-0.1, -0.05) is 12.1 Å². The number of hydrogen-bond acceptors (Lipinski definition) is 4. The first kappa shape index (κ1) is 20.7. The second kappa shape index (κ2) is 7.98. The van der Waals surface area contributed by atoms with Crippen LogP contribution in [0.25, 0.3) is 0 Å². The number of carbonyl (C=O) groups excluding carboxylic acids is 3. The van der Waals surface area contributed by atoms with Crippen LogP contribution in [0.3, 0.4) is 0 Å². The maximum Gasteiger partial charge on any atom is 0.407 e. The first-order valence-electron chi connectivity index (χ1n) is 9.15. The first-order valence-corrected chi connectivity index (χ1v) is 9.15. The topological polar surface area (TPSA) is 96.5 Å². The Morgan fingerprint density at radius 3 is 2.37 bits per heavy atom. The van der Waals surface area contributed by atoms with Crippen molar-refractivity contribution < 1.29 is 19.1 Å². The molecule has 0 bridgehead atoms. The summed E-state index contributed by atoms with van der Waals surface area (Å²) in [6.45, 7) is 9.06. The molecule has 7 heteroatoms. The average Bonchev–Trinajstić information content (AvgIpc) is 3.37. The van der Waals surface area contributed by atoms with Crippen LogP contribution in [0.15, 0.2) is 24.3 Å². The molecule has 1 atom stereocenters. The monoisotopic (exact) mass is 375 g/mol. The van der Waals surface area contributed by atoms with E-state index in [0.29, 0.717) is 17.2 Å². The zero-order chi connectivity index (χ0) is 20.2. The molecule has 0 aliphatic heterocycles. The molecule has 0 unspecified atom stereocenters. The van der Waals surface area contributed by atoms with E-state index in [-0.39, 0.29) is 18.4 Å². The molecule has 3 N–H and O–H groups in total. The maximum absolute atomic E-state index is 12.5. The van der Waals surface area contributed by atoms with Gasteiger partial charge in [-0.25, -0.2) is 9.59 Å². The summed E-state index contributed by atoms with van der Waals surface area (Å²) in [5, 5.41) is 8.47. The van der Waals surface area contributed by atoms with E-state index in [1.54, 1.807) is 45.0 Å². The summed E-state index contributed by atoms with van der Waals surface area (Å²) in [4.78, 5) is 35.9. The van der Waals surface area contributed by atoms with Crippen molar-refractivity contribution in [2.24, 2.45) is 5.92 Å². The van der Waals surface area contributed by atoms with E-state index in [1.165, 1.54) is 6.92 Å². The number of rotatable bonds is 6. The number of ether oxygens (including phenoxy) is 1. The van der Waals surface area contributed by atoms with Gasteiger partial charge in [-0.05, 0) is 65.5 Å². The van der Waals surface area contributed by atoms with Crippen molar-refractivity contribution in [3.8, 4) is 0 Å². The number of alkyl carbamates (subject to hydrolysis) is 1. The van der Waals surface area contributed by atoms with Crippen molar-refractivity contribution in [3.63, 3.8) is 0 Å². The molecular weight excluding hydrogens is 346 g/mol. The summed E-state index contributed by atoms with van der Waals surface area (Å²) in [7, 11) is 0. The lowest BCUT2D eigenvalue weighted by atomic mass is 9.96. The fourth-order valence-electron chi connectivity index (χ4n) is 2.82. The molecule has 1 aliphatic carbocycles. The van der Waals surface area contributed by atoms with Crippen LogP contribution in [-0.2, 0) is 4.74 Å². The van der Waals surface area contributed by atoms with Gasteiger partial charge < -0.3 is 20.7 Å². The van der Waals surface area contributed by atoms with E-state index in [4.69, 9.17) is 4.74 Å². The molecule has 7 nitrogen and oxygen atoms in total. The standard InChI is InChI=1S/C20H29N3O4/c1-13(24)14-7-6-8-16(11-14)22-17(25)23-20(5,15-9-10-15)12-21-18(26)27-19(2,3)4/h6-8,11,15H,9-10,12H2,1-5H3,(H,21,26)(H2,22,23,25)/t20-/m1/s1.